The molecule has 1 aromatic heterocycles. The molecule has 6 heteroatoms. The van der Waals surface area contributed by atoms with E-state index in [4.69, 9.17) is 0 Å². The van der Waals surface area contributed by atoms with Crippen molar-refractivity contribution in [3.63, 3.8) is 0 Å². The Balaban J connectivity index is 0.00000169. The Morgan fingerprint density at radius 1 is 1.33 bits per heavy atom. The van der Waals surface area contributed by atoms with E-state index in [1.165, 1.54) is 41.7 Å². The summed E-state index contributed by atoms with van der Waals surface area (Å²) in [6.07, 6.45) is 3.62. The number of nitrogens with zero attached hydrogens (tertiary/aromatic N) is 1. The Morgan fingerprint density at radius 2 is 2.12 bits per heavy atom. The number of thiazole rings is 1. The van der Waals surface area contributed by atoms with Crippen LogP contribution in [0.3, 0.4) is 0 Å². The molecule has 1 amide bonds. The topological polar surface area (TPSA) is 54.0 Å². The summed E-state index contributed by atoms with van der Waals surface area (Å²) in [5, 5.41) is 8.92. The van der Waals surface area contributed by atoms with E-state index in [2.05, 4.69) is 33.8 Å². The van der Waals surface area contributed by atoms with E-state index in [1.54, 1.807) is 0 Å². The summed E-state index contributed by atoms with van der Waals surface area (Å²) in [5.41, 5.74) is 5.03. The lowest BCUT2D eigenvalue weighted by Crippen LogP contribution is -2.48. The number of rotatable bonds is 4. The summed E-state index contributed by atoms with van der Waals surface area (Å²) in [4.78, 5) is 16.9. The average molecular weight is 364 g/mol. The summed E-state index contributed by atoms with van der Waals surface area (Å²) in [5.74, 6) is 0.557. The number of aromatic nitrogens is 1. The molecule has 0 saturated carbocycles. The van der Waals surface area contributed by atoms with E-state index in [1.807, 2.05) is 12.3 Å². The van der Waals surface area contributed by atoms with Crippen molar-refractivity contribution in [2.24, 2.45) is 11.8 Å². The van der Waals surface area contributed by atoms with Gasteiger partial charge in [-0.1, -0.05) is 19.1 Å². The number of aryl methyl sites for hydroxylation is 2. The van der Waals surface area contributed by atoms with Crippen LogP contribution in [0.5, 0.6) is 0 Å². The van der Waals surface area contributed by atoms with E-state index in [0.29, 0.717) is 11.0 Å². The molecule has 128 valence electrons. The van der Waals surface area contributed by atoms with Crippen molar-refractivity contribution in [2.45, 2.75) is 26.2 Å². The van der Waals surface area contributed by atoms with Crippen molar-refractivity contribution in [3.8, 4) is 11.3 Å². The minimum Gasteiger partial charge on any atom is -0.316 e. The lowest BCUT2D eigenvalue weighted by Gasteiger charge is -2.31. The Labute approximate surface area is 152 Å². The highest BCUT2D eigenvalue weighted by atomic mass is 35.5. The van der Waals surface area contributed by atoms with Crippen LogP contribution >= 0.6 is 23.7 Å². The summed E-state index contributed by atoms with van der Waals surface area (Å²) in [7, 11) is 0. The fourth-order valence-electron chi connectivity index (χ4n) is 3.29. The Kier molecular flexibility index (Phi) is 5.23. The zero-order chi connectivity index (χ0) is 15.8. The number of nitrogens with one attached hydrogen (secondary N) is 2. The Bertz CT molecular complexity index is 742. The van der Waals surface area contributed by atoms with E-state index >= 15 is 0 Å². The second kappa shape index (κ2) is 7.21. The molecule has 0 spiro atoms. The molecule has 2 N–H and O–H groups in total. The summed E-state index contributed by atoms with van der Waals surface area (Å²) in [6.45, 7) is 3.87. The molecule has 2 aliphatic rings. The van der Waals surface area contributed by atoms with Gasteiger partial charge >= 0.3 is 0 Å². The summed E-state index contributed by atoms with van der Waals surface area (Å²) >= 11 is 1.50. The number of carbonyl (C=O) groups excluding carboxylic acids is 1. The fourth-order valence-corrected chi connectivity index (χ4v) is 4.02. The zero-order valence-corrected chi connectivity index (χ0v) is 15.3. The molecule has 1 aliphatic heterocycles. The van der Waals surface area contributed by atoms with E-state index in [0.717, 1.165) is 24.3 Å². The van der Waals surface area contributed by atoms with Crippen molar-refractivity contribution >= 4 is 34.8 Å². The molecule has 2 aromatic rings. The number of benzene rings is 1. The minimum atomic E-state index is 0. The van der Waals surface area contributed by atoms with Crippen molar-refractivity contribution in [1.82, 2.24) is 10.3 Å². The molecule has 2 heterocycles. The highest BCUT2D eigenvalue weighted by Crippen LogP contribution is 2.30. The van der Waals surface area contributed by atoms with Crippen LogP contribution in [0, 0.1) is 11.8 Å². The van der Waals surface area contributed by atoms with Crippen molar-refractivity contribution in [2.75, 3.05) is 18.4 Å². The maximum atomic E-state index is 12.3. The van der Waals surface area contributed by atoms with Crippen LogP contribution < -0.4 is 10.6 Å². The molecule has 4 rings (SSSR count). The molecular weight excluding hydrogens is 342 g/mol. The van der Waals surface area contributed by atoms with Gasteiger partial charge in [-0.05, 0) is 55.5 Å². The largest absolute Gasteiger partial charge is 0.316 e. The van der Waals surface area contributed by atoms with Gasteiger partial charge in [0.2, 0.25) is 5.91 Å². The maximum Gasteiger partial charge on any atom is 0.229 e. The molecule has 4 nitrogen and oxygen atoms in total. The molecule has 1 aliphatic carbocycles. The predicted octanol–water partition coefficient (Wildman–Crippen LogP) is 3.51. The second-order valence-electron chi connectivity index (χ2n) is 6.57. The predicted molar refractivity (Wildman–Crippen MR) is 101 cm³/mol. The number of carbonyl (C=O) groups is 1. The first-order valence-corrected chi connectivity index (χ1v) is 9.18. The molecule has 24 heavy (non-hydrogen) atoms. The van der Waals surface area contributed by atoms with Crippen LogP contribution in [0.15, 0.2) is 23.6 Å². The molecule has 1 atom stereocenters. The first-order valence-electron chi connectivity index (χ1n) is 8.30. The second-order valence-corrected chi connectivity index (χ2v) is 7.43. The van der Waals surface area contributed by atoms with Crippen molar-refractivity contribution in [1.29, 1.82) is 0 Å². The van der Waals surface area contributed by atoms with Crippen LogP contribution in [-0.4, -0.2) is 24.0 Å². The van der Waals surface area contributed by atoms with Gasteiger partial charge in [0.1, 0.15) is 0 Å². The Hall–Kier alpha value is -1.43. The standard InChI is InChI=1S/C18H21N3OS.ClH/c1-11(15-8-19-9-15)17(22)21-18-20-16(10-23-18)14-6-5-12-3-2-4-13(12)7-14;/h5-7,10-11,15,19H,2-4,8-9H2,1H3,(H,20,21,22);1H. The van der Waals surface area contributed by atoms with E-state index in [-0.39, 0.29) is 24.2 Å². The lowest BCUT2D eigenvalue weighted by molar-refractivity contribution is -0.121. The number of hydrogen-bond donors (Lipinski definition) is 2. The van der Waals surface area contributed by atoms with Gasteiger partial charge in [-0.15, -0.1) is 23.7 Å². The first-order chi connectivity index (χ1) is 11.2. The van der Waals surface area contributed by atoms with Gasteiger partial charge in [-0.2, -0.15) is 0 Å². The number of halogens is 1. The SMILES string of the molecule is CC(C(=O)Nc1nc(-c2ccc3c(c2)CCC3)cs1)C1CNC1.Cl. The number of fused-ring (bicyclic) bond motifs is 1. The molecule has 0 radical (unpaired) electrons. The molecule has 0 bridgehead atoms. The number of hydrogen-bond acceptors (Lipinski definition) is 4. The van der Waals surface area contributed by atoms with Crippen LogP contribution in [-0.2, 0) is 17.6 Å². The third kappa shape index (κ3) is 3.34. The van der Waals surface area contributed by atoms with Crippen molar-refractivity contribution < 1.29 is 4.79 Å². The molecule has 1 unspecified atom stereocenters. The maximum absolute atomic E-state index is 12.3. The number of anilines is 1. The normalized spacial score (nSPS) is 17.5. The molecule has 1 saturated heterocycles. The summed E-state index contributed by atoms with van der Waals surface area (Å²) < 4.78 is 0. The summed E-state index contributed by atoms with van der Waals surface area (Å²) in [6, 6.07) is 6.63. The third-order valence-electron chi connectivity index (χ3n) is 5.06. The minimum absolute atomic E-state index is 0. The smallest absolute Gasteiger partial charge is 0.229 e. The van der Waals surface area contributed by atoms with Gasteiger partial charge in [0.05, 0.1) is 5.69 Å². The molecular formula is C18H22ClN3OS. The van der Waals surface area contributed by atoms with Gasteiger partial charge in [0.25, 0.3) is 0 Å². The van der Waals surface area contributed by atoms with Crippen LogP contribution in [0.4, 0.5) is 5.13 Å². The molecule has 1 aromatic carbocycles. The quantitative estimate of drug-likeness (QED) is 0.873. The van der Waals surface area contributed by atoms with Crippen molar-refractivity contribution in [3.05, 3.63) is 34.7 Å². The Morgan fingerprint density at radius 3 is 2.88 bits per heavy atom. The first kappa shape index (κ1) is 17.4. The third-order valence-corrected chi connectivity index (χ3v) is 5.82. The van der Waals surface area contributed by atoms with Crippen LogP contribution in [0.2, 0.25) is 0 Å². The molecule has 1 fully saturated rings. The van der Waals surface area contributed by atoms with Gasteiger partial charge in [-0.25, -0.2) is 4.98 Å². The average Bonchev–Trinajstić information content (AvgIpc) is 3.13. The van der Waals surface area contributed by atoms with Gasteiger partial charge < -0.3 is 10.6 Å². The zero-order valence-electron chi connectivity index (χ0n) is 13.7. The highest BCUT2D eigenvalue weighted by Gasteiger charge is 2.29. The van der Waals surface area contributed by atoms with E-state index < -0.39 is 0 Å². The lowest BCUT2D eigenvalue weighted by atomic mass is 9.88. The fraction of sp³-hybridized carbons (Fsp3) is 0.444. The monoisotopic (exact) mass is 363 g/mol. The van der Waals surface area contributed by atoms with Gasteiger partial charge in [0, 0.05) is 16.9 Å². The number of amides is 1. The van der Waals surface area contributed by atoms with Crippen LogP contribution in [0.1, 0.15) is 24.5 Å². The highest BCUT2D eigenvalue weighted by molar-refractivity contribution is 7.14. The van der Waals surface area contributed by atoms with Gasteiger partial charge in [-0.3, -0.25) is 4.79 Å². The van der Waals surface area contributed by atoms with Crippen LogP contribution in [0.25, 0.3) is 11.3 Å². The van der Waals surface area contributed by atoms with Gasteiger partial charge in [0.15, 0.2) is 5.13 Å². The van der Waals surface area contributed by atoms with E-state index in [9.17, 15) is 4.79 Å².